The van der Waals surface area contributed by atoms with E-state index in [4.69, 9.17) is 34.0 Å². The summed E-state index contributed by atoms with van der Waals surface area (Å²) >= 11 is 11.4. The van der Waals surface area contributed by atoms with Gasteiger partial charge in [0.15, 0.2) is 0 Å². The lowest BCUT2D eigenvalue weighted by Gasteiger charge is -2.05. The van der Waals surface area contributed by atoms with E-state index in [0.717, 1.165) is 0 Å². The second-order valence-electron chi connectivity index (χ2n) is 2.68. The first-order valence-corrected chi connectivity index (χ1v) is 4.58. The van der Waals surface area contributed by atoms with Gasteiger partial charge >= 0.3 is 5.97 Å². The van der Waals surface area contributed by atoms with E-state index in [-0.39, 0.29) is 23.8 Å². The van der Waals surface area contributed by atoms with Crippen molar-refractivity contribution >= 4 is 35.0 Å². The number of hydrogen-bond acceptors (Lipinski definition) is 3. The lowest BCUT2D eigenvalue weighted by molar-refractivity contribution is -0.136. The number of anilines is 1. The first-order valence-electron chi connectivity index (χ1n) is 3.83. The van der Waals surface area contributed by atoms with Crippen LogP contribution in [0.1, 0.15) is 12.0 Å². The molecule has 0 fully saturated rings. The molecule has 76 valence electrons. The first-order chi connectivity index (χ1) is 6.50. The van der Waals surface area contributed by atoms with Gasteiger partial charge in [0, 0.05) is 12.0 Å². The van der Waals surface area contributed by atoms with Crippen molar-refractivity contribution in [2.24, 2.45) is 0 Å². The van der Waals surface area contributed by atoms with Gasteiger partial charge in [-0.2, -0.15) is 0 Å². The molecule has 0 aliphatic carbocycles. The maximum atomic E-state index is 10.3. The molecule has 1 heterocycles. The predicted molar refractivity (Wildman–Crippen MR) is 54.6 cm³/mol. The highest BCUT2D eigenvalue weighted by Gasteiger charge is 2.09. The number of aromatic nitrogens is 1. The molecule has 0 amide bonds. The number of carbonyl (C=O) groups is 1. The van der Waals surface area contributed by atoms with Gasteiger partial charge in [0.2, 0.25) is 0 Å². The number of hydrogen-bond donors (Lipinski definition) is 2. The molecule has 0 aliphatic rings. The third kappa shape index (κ3) is 2.75. The molecule has 0 aliphatic heterocycles. The van der Waals surface area contributed by atoms with E-state index in [2.05, 4.69) is 4.98 Å². The van der Waals surface area contributed by atoms with Crippen molar-refractivity contribution in [3.05, 3.63) is 21.8 Å². The topological polar surface area (TPSA) is 76.2 Å². The number of nitrogens with zero attached hydrogens (tertiary/aromatic N) is 1. The zero-order valence-electron chi connectivity index (χ0n) is 7.13. The Balaban J connectivity index is 2.91. The molecule has 0 atom stereocenters. The highest BCUT2D eigenvalue weighted by atomic mass is 35.5. The van der Waals surface area contributed by atoms with Gasteiger partial charge in [-0.15, -0.1) is 0 Å². The minimum atomic E-state index is -0.907. The van der Waals surface area contributed by atoms with Crippen LogP contribution in [0.15, 0.2) is 6.07 Å². The van der Waals surface area contributed by atoms with E-state index in [0.29, 0.717) is 10.6 Å². The van der Waals surface area contributed by atoms with Gasteiger partial charge in [-0.25, -0.2) is 4.98 Å². The maximum Gasteiger partial charge on any atom is 0.303 e. The molecular weight excluding hydrogens is 227 g/mol. The van der Waals surface area contributed by atoms with Crippen LogP contribution in [-0.2, 0) is 11.2 Å². The number of halogens is 2. The maximum absolute atomic E-state index is 10.3. The molecular formula is C8H8Cl2N2O2. The largest absolute Gasteiger partial charge is 0.481 e. The van der Waals surface area contributed by atoms with Crippen LogP contribution in [-0.4, -0.2) is 16.1 Å². The second-order valence-corrected chi connectivity index (χ2v) is 3.48. The molecule has 3 N–H and O–H groups in total. The van der Waals surface area contributed by atoms with Gasteiger partial charge in [0.1, 0.15) is 11.0 Å². The van der Waals surface area contributed by atoms with E-state index in [1.54, 1.807) is 0 Å². The highest BCUT2D eigenvalue weighted by molar-refractivity contribution is 6.34. The lowest BCUT2D eigenvalue weighted by atomic mass is 10.1. The SMILES string of the molecule is Nc1nc(Cl)cc(Cl)c1CCC(=O)O. The average Bonchev–Trinajstić information content (AvgIpc) is 2.01. The summed E-state index contributed by atoms with van der Waals surface area (Å²) in [4.78, 5) is 14.1. The minimum Gasteiger partial charge on any atom is -0.481 e. The van der Waals surface area contributed by atoms with Crippen LogP contribution in [0.25, 0.3) is 0 Å². The molecule has 14 heavy (non-hydrogen) atoms. The van der Waals surface area contributed by atoms with Crippen LogP contribution in [0, 0.1) is 0 Å². The number of pyridine rings is 1. The van der Waals surface area contributed by atoms with Gasteiger partial charge in [-0.1, -0.05) is 23.2 Å². The lowest BCUT2D eigenvalue weighted by Crippen LogP contribution is -2.03. The molecule has 0 radical (unpaired) electrons. The Hall–Kier alpha value is -1.00. The second kappa shape index (κ2) is 4.48. The van der Waals surface area contributed by atoms with Crippen LogP contribution in [0.5, 0.6) is 0 Å². The van der Waals surface area contributed by atoms with Crippen LogP contribution in [0.4, 0.5) is 5.82 Å². The quantitative estimate of drug-likeness (QED) is 0.785. The zero-order valence-corrected chi connectivity index (χ0v) is 8.64. The van der Waals surface area contributed by atoms with Gasteiger partial charge in [0.05, 0.1) is 5.02 Å². The van der Waals surface area contributed by atoms with Gasteiger partial charge in [-0.05, 0) is 12.5 Å². The zero-order chi connectivity index (χ0) is 10.7. The Bertz CT molecular complexity index is 345. The normalized spacial score (nSPS) is 10.1. The Morgan fingerprint density at radius 2 is 2.21 bits per heavy atom. The Morgan fingerprint density at radius 1 is 1.57 bits per heavy atom. The van der Waals surface area contributed by atoms with Gasteiger partial charge in [0.25, 0.3) is 0 Å². The van der Waals surface area contributed by atoms with Gasteiger partial charge < -0.3 is 10.8 Å². The third-order valence-electron chi connectivity index (χ3n) is 1.66. The smallest absolute Gasteiger partial charge is 0.303 e. The Kier molecular flexibility index (Phi) is 3.55. The van der Waals surface area contributed by atoms with Crippen molar-refractivity contribution in [2.75, 3.05) is 5.73 Å². The van der Waals surface area contributed by atoms with E-state index in [9.17, 15) is 4.79 Å². The monoisotopic (exact) mass is 234 g/mol. The summed E-state index contributed by atoms with van der Waals surface area (Å²) in [5.41, 5.74) is 6.06. The molecule has 1 aromatic heterocycles. The van der Waals surface area contributed by atoms with Crippen LogP contribution < -0.4 is 5.73 Å². The van der Waals surface area contributed by atoms with Crippen LogP contribution >= 0.6 is 23.2 Å². The van der Waals surface area contributed by atoms with E-state index in [1.165, 1.54) is 6.07 Å². The van der Waals surface area contributed by atoms with E-state index in [1.807, 2.05) is 0 Å². The fourth-order valence-corrected chi connectivity index (χ4v) is 1.56. The number of nitrogen functional groups attached to an aromatic ring is 1. The number of carboxylic acids is 1. The summed E-state index contributed by atoms with van der Waals surface area (Å²) in [6, 6.07) is 1.44. The van der Waals surface area contributed by atoms with Crippen molar-refractivity contribution in [1.82, 2.24) is 4.98 Å². The van der Waals surface area contributed by atoms with Crippen molar-refractivity contribution in [1.29, 1.82) is 0 Å². The number of carboxylic acid groups (broad SMARTS) is 1. The average molecular weight is 235 g/mol. The van der Waals surface area contributed by atoms with Crippen LogP contribution in [0.2, 0.25) is 10.2 Å². The molecule has 1 aromatic rings. The first kappa shape index (κ1) is 11.1. The number of nitrogens with two attached hydrogens (primary N) is 1. The fourth-order valence-electron chi connectivity index (χ4n) is 1.01. The Morgan fingerprint density at radius 3 is 2.71 bits per heavy atom. The Labute approximate surface area is 90.6 Å². The molecule has 6 heteroatoms. The molecule has 0 bridgehead atoms. The standard InChI is InChI=1S/C8H8Cl2N2O2/c9-5-3-6(10)12-8(11)4(5)1-2-7(13)14/h3H,1-2H2,(H2,11,12)(H,13,14). The summed E-state index contributed by atoms with van der Waals surface area (Å²) in [7, 11) is 0. The van der Waals surface area contributed by atoms with E-state index < -0.39 is 5.97 Å². The molecule has 0 saturated carbocycles. The molecule has 1 rings (SSSR count). The summed E-state index contributed by atoms with van der Waals surface area (Å²) in [6.07, 6.45) is 0.220. The van der Waals surface area contributed by atoms with Crippen molar-refractivity contribution < 1.29 is 9.90 Å². The summed E-state index contributed by atoms with van der Waals surface area (Å²) in [5, 5.41) is 9.03. The number of aliphatic carboxylic acids is 1. The van der Waals surface area contributed by atoms with Crippen molar-refractivity contribution in [3.8, 4) is 0 Å². The van der Waals surface area contributed by atoms with Gasteiger partial charge in [-0.3, -0.25) is 4.79 Å². The summed E-state index contributed by atoms with van der Waals surface area (Å²) < 4.78 is 0. The minimum absolute atomic E-state index is 0.0345. The number of rotatable bonds is 3. The van der Waals surface area contributed by atoms with Crippen molar-refractivity contribution in [2.45, 2.75) is 12.8 Å². The predicted octanol–water partition coefficient (Wildman–Crippen LogP) is 1.99. The highest BCUT2D eigenvalue weighted by Crippen LogP contribution is 2.25. The molecule has 0 spiro atoms. The summed E-state index contributed by atoms with van der Waals surface area (Å²) in [6.45, 7) is 0. The van der Waals surface area contributed by atoms with Crippen molar-refractivity contribution in [3.63, 3.8) is 0 Å². The van der Waals surface area contributed by atoms with E-state index >= 15 is 0 Å². The summed E-state index contributed by atoms with van der Waals surface area (Å²) in [5.74, 6) is -0.723. The molecule has 0 aromatic carbocycles. The third-order valence-corrected chi connectivity index (χ3v) is 2.19. The van der Waals surface area contributed by atoms with Crippen LogP contribution in [0.3, 0.4) is 0 Å². The molecule has 0 saturated heterocycles. The fraction of sp³-hybridized carbons (Fsp3) is 0.250. The molecule has 0 unspecified atom stereocenters. The molecule has 4 nitrogen and oxygen atoms in total.